The van der Waals surface area contributed by atoms with Crippen LogP contribution >= 0.6 is 0 Å². The second-order valence-electron chi connectivity index (χ2n) is 5.99. The molecule has 0 unspecified atom stereocenters. The molecule has 22 heavy (non-hydrogen) atoms. The number of pyridine rings is 1. The maximum atomic E-state index is 2.29. The molecule has 1 heterocycles. The molecule has 0 aliphatic carbocycles. The molecule has 0 fully saturated rings. The standard InChI is InChI=1S/C21H22N/c1-15-12-13-19(17(3)14-15)21-11-7-10-20(22(21)4)18-9-6-5-8-16(18)2/h5-14H,1-4H3/q+1. The molecule has 0 bridgehead atoms. The summed E-state index contributed by atoms with van der Waals surface area (Å²) in [6.45, 7) is 6.49. The van der Waals surface area contributed by atoms with Gasteiger partial charge in [0.05, 0.1) is 0 Å². The highest BCUT2D eigenvalue weighted by Gasteiger charge is 2.18. The van der Waals surface area contributed by atoms with Crippen LogP contribution in [0.25, 0.3) is 22.5 Å². The normalized spacial score (nSPS) is 10.7. The molecule has 110 valence electrons. The fourth-order valence-electron chi connectivity index (χ4n) is 3.09. The Kier molecular flexibility index (Phi) is 3.81. The summed E-state index contributed by atoms with van der Waals surface area (Å²) in [5.41, 5.74) is 9.00. The van der Waals surface area contributed by atoms with Gasteiger partial charge in [-0.3, -0.25) is 0 Å². The van der Waals surface area contributed by atoms with Gasteiger partial charge in [0.1, 0.15) is 7.05 Å². The Morgan fingerprint density at radius 2 is 1.27 bits per heavy atom. The molecule has 0 radical (unpaired) electrons. The number of nitrogens with zero attached hydrogens (tertiary/aromatic N) is 1. The van der Waals surface area contributed by atoms with E-state index in [0.717, 1.165) is 0 Å². The lowest BCUT2D eigenvalue weighted by Gasteiger charge is -2.09. The molecular formula is C21H22N+. The van der Waals surface area contributed by atoms with Gasteiger partial charge in [0.25, 0.3) is 0 Å². The lowest BCUT2D eigenvalue weighted by Crippen LogP contribution is -2.34. The Bertz CT molecular complexity index is 831. The van der Waals surface area contributed by atoms with Gasteiger partial charge < -0.3 is 0 Å². The number of benzene rings is 2. The van der Waals surface area contributed by atoms with Gasteiger partial charge in [-0.25, -0.2) is 0 Å². The minimum Gasteiger partial charge on any atom is -0.194 e. The Morgan fingerprint density at radius 1 is 0.636 bits per heavy atom. The van der Waals surface area contributed by atoms with E-state index in [9.17, 15) is 0 Å². The summed E-state index contributed by atoms with van der Waals surface area (Å²) in [4.78, 5) is 0. The molecule has 0 saturated carbocycles. The molecular weight excluding hydrogens is 266 g/mol. The SMILES string of the molecule is Cc1ccc(-c2cccc(-c3ccccc3C)[n+]2C)c(C)c1. The molecule has 1 nitrogen and oxygen atoms in total. The van der Waals surface area contributed by atoms with Crippen molar-refractivity contribution in [2.75, 3.05) is 0 Å². The third-order valence-corrected chi connectivity index (χ3v) is 4.31. The molecule has 0 N–H and O–H groups in total. The predicted octanol–water partition coefficient (Wildman–Crippen LogP) is 4.77. The van der Waals surface area contributed by atoms with Crippen molar-refractivity contribution >= 4 is 0 Å². The lowest BCUT2D eigenvalue weighted by molar-refractivity contribution is -0.649. The van der Waals surface area contributed by atoms with Crippen molar-refractivity contribution in [3.8, 4) is 22.5 Å². The monoisotopic (exact) mass is 288 g/mol. The Balaban J connectivity index is 2.20. The largest absolute Gasteiger partial charge is 0.213 e. The third-order valence-electron chi connectivity index (χ3n) is 4.31. The van der Waals surface area contributed by atoms with Crippen LogP contribution in [-0.4, -0.2) is 0 Å². The van der Waals surface area contributed by atoms with Crippen LogP contribution in [0.5, 0.6) is 0 Å². The van der Waals surface area contributed by atoms with E-state index in [2.05, 4.69) is 93.0 Å². The predicted molar refractivity (Wildman–Crippen MR) is 92.7 cm³/mol. The van der Waals surface area contributed by atoms with Gasteiger partial charge in [0, 0.05) is 23.3 Å². The summed E-state index contributed by atoms with van der Waals surface area (Å²) in [7, 11) is 2.15. The van der Waals surface area contributed by atoms with Crippen molar-refractivity contribution in [2.45, 2.75) is 20.8 Å². The zero-order valence-corrected chi connectivity index (χ0v) is 13.7. The quantitative estimate of drug-likeness (QED) is 0.598. The van der Waals surface area contributed by atoms with Crippen LogP contribution in [0.4, 0.5) is 0 Å². The van der Waals surface area contributed by atoms with Crippen LogP contribution in [0.3, 0.4) is 0 Å². The van der Waals surface area contributed by atoms with E-state index < -0.39 is 0 Å². The molecule has 3 aromatic rings. The van der Waals surface area contributed by atoms with Crippen molar-refractivity contribution in [2.24, 2.45) is 7.05 Å². The summed E-state index contributed by atoms with van der Waals surface area (Å²) in [6, 6.07) is 21.7. The van der Waals surface area contributed by atoms with Gasteiger partial charge in [-0.2, -0.15) is 4.57 Å². The van der Waals surface area contributed by atoms with Crippen LogP contribution < -0.4 is 4.57 Å². The second-order valence-corrected chi connectivity index (χ2v) is 5.99. The number of aromatic nitrogens is 1. The van der Waals surface area contributed by atoms with E-state index in [1.807, 2.05) is 0 Å². The van der Waals surface area contributed by atoms with E-state index in [1.54, 1.807) is 0 Å². The summed E-state index contributed by atoms with van der Waals surface area (Å²) >= 11 is 0. The van der Waals surface area contributed by atoms with Gasteiger partial charge in [0.2, 0.25) is 11.4 Å². The van der Waals surface area contributed by atoms with Crippen molar-refractivity contribution in [3.63, 3.8) is 0 Å². The number of aryl methyl sites for hydroxylation is 3. The minimum absolute atomic E-state index is 1.25. The van der Waals surface area contributed by atoms with Crippen molar-refractivity contribution in [3.05, 3.63) is 77.4 Å². The lowest BCUT2D eigenvalue weighted by atomic mass is 10.00. The van der Waals surface area contributed by atoms with Gasteiger partial charge in [0.15, 0.2) is 0 Å². The summed E-state index contributed by atoms with van der Waals surface area (Å²) < 4.78 is 2.29. The molecule has 3 rings (SSSR count). The van der Waals surface area contributed by atoms with Gasteiger partial charge in [-0.05, 0) is 50.1 Å². The Morgan fingerprint density at radius 3 is 1.91 bits per heavy atom. The van der Waals surface area contributed by atoms with Gasteiger partial charge in [-0.15, -0.1) is 0 Å². The molecule has 2 aromatic carbocycles. The van der Waals surface area contributed by atoms with Crippen LogP contribution in [0.15, 0.2) is 60.7 Å². The first-order chi connectivity index (χ1) is 10.6. The maximum Gasteiger partial charge on any atom is 0.213 e. The van der Waals surface area contributed by atoms with Gasteiger partial charge >= 0.3 is 0 Å². The van der Waals surface area contributed by atoms with E-state index >= 15 is 0 Å². The van der Waals surface area contributed by atoms with Gasteiger partial charge in [-0.1, -0.05) is 35.9 Å². The van der Waals surface area contributed by atoms with Crippen molar-refractivity contribution in [1.29, 1.82) is 0 Å². The highest BCUT2D eigenvalue weighted by atomic mass is 14.9. The van der Waals surface area contributed by atoms with Crippen LogP contribution in [-0.2, 0) is 7.05 Å². The smallest absolute Gasteiger partial charge is 0.194 e. The Labute approximate surface area is 132 Å². The third kappa shape index (κ3) is 2.55. The maximum absolute atomic E-state index is 2.29. The highest BCUT2D eigenvalue weighted by Crippen LogP contribution is 2.25. The zero-order valence-electron chi connectivity index (χ0n) is 13.7. The van der Waals surface area contributed by atoms with Crippen LogP contribution in [0, 0.1) is 20.8 Å². The molecule has 0 aliphatic rings. The van der Waals surface area contributed by atoms with Crippen molar-refractivity contribution < 1.29 is 4.57 Å². The van der Waals surface area contributed by atoms with E-state index in [1.165, 1.54) is 39.2 Å². The van der Waals surface area contributed by atoms with E-state index in [0.29, 0.717) is 0 Å². The number of hydrogen-bond acceptors (Lipinski definition) is 0. The second kappa shape index (κ2) is 5.76. The molecule has 0 aliphatic heterocycles. The Hall–Kier alpha value is -2.41. The van der Waals surface area contributed by atoms with Crippen LogP contribution in [0.2, 0.25) is 0 Å². The molecule has 0 saturated heterocycles. The number of hydrogen-bond donors (Lipinski definition) is 0. The first kappa shape index (κ1) is 14.5. The first-order valence-corrected chi connectivity index (χ1v) is 7.70. The fourth-order valence-corrected chi connectivity index (χ4v) is 3.09. The molecule has 1 heteroatoms. The average Bonchev–Trinajstić information content (AvgIpc) is 2.49. The molecule has 1 aromatic heterocycles. The first-order valence-electron chi connectivity index (χ1n) is 7.70. The summed E-state index contributed by atoms with van der Waals surface area (Å²) in [5.74, 6) is 0. The summed E-state index contributed by atoms with van der Waals surface area (Å²) in [5, 5.41) is 0. The summed E-state index contributed by atoms with van der Waals surface area (Å²) in [6.07, 6.45) is 0. The topological polar surface area (TPSA) is 3.88 Å². The minimum atomic E-state index is 1.25. The number of rotatable bonds is 2. The zero-order chi connectivity index (χ0) is 15.7. The van der Waals surface area contributed by atoms with Crippen LogP contribution in [0.1, 0.15) is 16.7 Å². The van der Waals surface area contributed by atoms with Crippen molar-refractivity contribution in [1.82, 2.24) is 0 Å². The average molecular weight is 288 g/mol. The van der Waals surface area contributed by atoms with E-state index in [-0.39, 0.29) is 0 Å². The molecule has 0 amide bonds. The molecule has 0 atom stereocenters. The highest BCUT2D eigenvalue weighted by molar-refractivity contribution is 5.65. The fraction of sp³-hybridized carbons (Fsp3) is 0.190. The molecule has 0 spiro atoms. The van der Waals surface area contributed by atoms with E-state index in [4.69, 9.17) is 0 Å².